The highest BCUT2D eigenvalue weighted by atomic mass is 14.8. The van der Waals surface area contributed by atoms with E-state index in [9.17, 15) is 0 Å². The number of rotatable bonds is 3. The van der Waals surface area contributed by atoms with Crippen LogP contribution in [-0.4, -0.2) is 12.4 Å². The Morgan fingerprint density at radius 2 is 2.00 bits per heavy atom. The largest absolute Gasteiger partial charge is 0.384 e. The Balaban J connectivity index is 2.71. The maximum Gasteiger partial charge on any atom is 0.125 e. The van der Waals surface area contributed by atoms with Gasteiger partial charge in [-0.15, -0.1) is 0 Å². The summed E-state index contributed by atoms with van der Waals surface area (Å²) < 4.78 is 0. The molecular weight excluding hydrogens is 148 g/mol. The van der Waals surface area contributed by atoms with Crippen molar-refractivity contribution in [3.63, 3.8) is 0 Å². The lowest BCUT2D eigenvalue weighted by atomic mass is 10.2. The van der Waals surface area contributed by atoms with Crippen LogP contribution < -0.4 is 5.73 Å². The van der Waals surface area contributed by atoms with E-state index in [1.807, 2.05) is 30.3 Å². The maximum absolute atomic E-state index is 5.73. The second-order valence-corrected chi connectivity index (χ2v) is 2.63. The van der Waals surface area contributed by atoms with Crippen molar-refractivity contribution in [2.75, 3.05) is 6.54 Å². The number of hydrogen-bond donors (Lipinski definition) is 1. The summed E-state index contributed by atoms with van der Waals surface area (Å²) in [6.45, 7) is 2.89. The van der Waals surface area contributed by atoms with E-state index in [1.165, 1.54) is 0 Å². The molecule has 1 aromatic rings. The predicted octanol–water partition coefficient (Wildman–Crippen LogP) is 1.80. The molecule has 0 heterocycles. The molecule has 0 saturated carbocycles. The van der Waals surface area contributed by atoms with E-state index in [4.69, 9.17) is 5.73 Å². The second kappa shape index (κ2) is 4.54. The summed E-state index contributed by atoms with van der Waals surface area (Å²) in [5, 5.41) is 0. The number of benzene rings is 1. The molecule has 0 bridgehead atoms. The van der Waals surface area contributed by atoms with E-state index in [2.05, 4.69) is 11.9 Å². The molecule has 2 N–H and O–H groups in total. The van der Waals surface area contributed by atoms with Gasteiger partial charge in [-0.2, -0.15) is 0 Å². The minimum absolute atomic E-state index is 0.637. The average molecular weight is 162 g/mol. The highest BCUT2D eigenvalue weighted by Crippen LogP contribution is 1.97. The Labute approximate surface area is 73.1 Å². The van der Waals surface area contributed by atoms with Crippen molar-refractivity contribution < 1.29 is 0 Å². The summed E-state index contributed by atoms with van der Waals surface area (Å²) in [5.74, 6) is 0.637. The summed E-state index contributed by atoms with van der Waals surface area (Å²) in [6, 6.07) is 9.83. The quantitative estimate of drug-likeness (QED) is 0.534. The standard InChI is InChI=1S/C10H14N2/c1-2-8-12-10(11)9-6-4-3-5-7-9/h3-7H,2,8H2,1H3,(H2,11,12). The first-order valence-corrected chi connectivity index (χ1v) is 4.20. The number of nitrogens with two attached hydrogens (primary N) is 1. The fourth-order valence-electron chi connectivity index (χ4n) is 0.932. The molecule has 0 radical (unpaired) electrons. The smallest absolute Gasteiger partial charge is 0.125 e. The van der Waals surface area contributed by atoms with Crippen LogP contribution in [0.15, 0.2) is 35.3 Å². The first-order chi connectivity index (χ1) is 5.84. The Morgan fingerprint density at radius 3 is 2.58 bits per heavy atom. The molecule has 64 valence electrons. The van der Waals surface area contributed by atoms with E-state index >= 15 is 0 Å². The highest BCUT2D eigenvalue weighted by molar-refractivity contribution is 5.97. The third-order valence-corrected chi connectivity index (χ3v) is 1.58. The SMILES string of the molecule is CCCN=C(N)c1ccccc1. The number of hydrogen-bond acceptors (Lipinski definition) is 1. The molecule has 2 heteroatoms. The van der Waals surface area contributed by atoms with E-state index in [0.717, 1.165) is 18.5 Å². The molecule has 0 aliphatic carbocycles. The normalized spacial score (nSPS) is 11.6. The number of nitrogens with zero attached hydrogens (tertiary/aromatic N) is 1. The first kappa shape index (κ1) is 8.78. The molecule has 0 atom stereocenters. The Kier molecular flexibility index (Phi) is 3.33. The topological polar surface area (TPSA) is 38.4 Å². The maximum atomic E-state index is 5.73. The van der Waals surface area contributed by atoms with Crippen molar-refractivity contribution in [3.05, 3.63) is 35.9 Å². The molecule has 0 fully saturated rings. The molecule has 0 unspecified atom stereocenters. The Bertz CT molecular complexity index is 252. The van der Waals surface area contributed by atoms with Gasteiger partial charge in [0.05, 0.1) is 0 Å². The van der Waals surface area contributed by atoms with Gasteiger partial charge in [-0.25, -0.2) is 0 Å². The zero-order valence-corrected chi connectivity index (χ0v) is 7.33. The van der Waals surface area contributed by atoms with Crippen LogP contribution in [0.5, 0.6) is 0 Å². The lowest BCUT2D eigenvalue weighted by Gasteiger charge is -1.98. The van der Waals surface area contributed by atoms with Gasteiger partial charge >= 0.3 is 0 Å². The van der Waals surface area contributed by atoms with Crippen LogP contribution in [-0.2, 0) is 0 Å². The Morgan fingerprint density at radius 1 is 1.33 bits per heavy atom. The van der Waals surface area contributed by atoms with Crippen LogP contribution in [0.25, 0.3) is 0 Å². The van der Waals surface area contributed by atoms with Gasteiger partial charge in [0.1, 0.15) is 5.84 Å². The average Bonchev–Trinajstić information content (AvgIpc) is 2.15. The van der Waals surface area contributed by atoms with Crippen LogP contribution >= 0.6 is 0 Å². The molecule has 0 saturated heterocycles. The van der Waals surface area contributed by atoms with Gasteiger partial charge in [0.25, 0.3) is 0 Å². The van der Waals surface area contributed by atoms with E-state index < -0.39 is 0 Å². The van der Waals surface area contributed by atoms with Gasteiger partial charge in [0, 0.05) is 12.1 Å². The van der Waals surface area contributed by atoms with E-state index in [0.29, 0.717) is 5.84 Å². The molecule has 0 aliphatic rings. The van der Waals surface area contributed by atoms with Crippen LogP contribution in [0.4, 0.5) is 0 Å². The van der Waals surface area contributed by atoms with Crippen LogP contribution in [0.2, 0.25) is 0 Å². The molecule has 0 amide bonds. The summed E-state index contributed by atoms with van der Waals surface area (Å²) in [5.41, 5.74) is 6.74. The number of amidine groups is 1. The zero-order valence-electron chi connectivity index (χ0n) is 7.33. The summed E-state index contributed by atoms with van der Waals surface area (Å²) in [4.78, 5) is 4.21. The van der Waals surface area contributed by atoms with Gasteiger partial charge in [-0.05, 0) is 6.42 Å². The third kappa shape index (κ3) is 2.38. The molecule has 1 rings (SSSR count). The van der Waals surface area contributed by atoms with Gasteiger partial charge < -0.3 is 5.73 Å². The summed E-state index contributed by atoms with van der Waals surface area (Å²) >= 11 is 0. The Hall–Kier alpha value is -1.31. The summed E-state index contributed by atoms with van der Waals surface area (Å²) in [7, 11) is 0. The minimum Gasteiger partial charge on any atom is -0.384 e. The first-order valence-electron chi connectivity index (χ1n) is 4.20. The van der Waals surface area contributed by atoms with Crippen molar-refractivity contribution in [1.82, 2.24) is 0 Å². The van der Waals surface area contributed by atoms with Crippen molar-refractivity contribution in [3.8, 4) is 0 Å². The van der Waals surface area contributed by atoms with Gasteiger partial charge in [-0.1, -0.05) is 37.3 Å². The van der Waals surface area contributed by atoms with E-state index in [1.54, 1.807) is 0 Å². The van der Waals surface area contributed by atoms with Gasteiger partial charge in [0.2, 0.25) is 0 Å². The summed E-state index contributed by atoms with van der Waals surface area (Å²) in [6.07, 6.45) is 1.04. The minimum atomic E-state index is 0.637. The van der Waals surface area contributed by atoms with Crippen LogP contribution in [0.3, 0.4) is 0 Å². The molecule has 1 aromatic carbocycles. The van der Waals surface area contributed by atoms with E-state index in [-0.39, 0.29) is 0 Å². The third-order valence-electron chi connectivity index (χ3n) is 1.58. The zero-order chi connectivity index (χ0) is 8.81. The fraction of sp³-hybridized carbons (Fsp3) is 0.300. The molecular formula is C10H14N2. The second-order valence-electron chi connectivity index (χ2n) is 2.63. The van der Waals surface area contributed by atoms with Crippen molar-refractivity contribution in [1.29, 1.82) is 0 Å². The lowest BCUT2D eigenvalue weighted by Crippen LogP contribution is -2.13. The fourth-order valence-corrected chi connectivity index (χ4v) is 0.932. The van der Waals surface area contributed by atoms with Crippen molar-refractivity contribution >= 4 is 5.84 Å². The molecule has 12 heavy (non-hydrogen) atoms. The van der Waals surface area contributed by atoms with Gasteiger partial charge in [-0.3, -0.25) is 4.99 Å². The predicted molar refractivity (Wildman–Crippen MR) is 52.3 cm³/mol. The van der Waals surface area contributed by atoms with Gasteiger partial charge in [0.15, 0.2) is 0 Å². The van der Waals surface area contributed by atoms with Crippen molar-refractivity contribution in [2.45, 2.75) is 13.3 Å². The molecule has 0 spiro atoms. The van der Waals surface area contributed by atoms with Crippen molar-refractivity contribution in [2.24, 2.45) is 10.7 Å². The highest BCUT2D eigenvalue weighted by Gasteiger charge is 1.93. The molecule has 0 aromatic heterocycles. The van der Waals surface area contributed by atoms with Crippen LogP contribution in [0, 0.1) is 0 Å². The van der Waals surface area contributed by atoms with Crippen LogP contribution in [0.1, 0.15) is 18.9 Å². The lowest BCUT2D eigenvalue weighted by molar-refractivity contribution is 0.930. The molecule has 2 nitrogen and oxygen atoms in total. The monoisotopic (exact) mass is 162 g/mol. The molecule has 0 aliphatic heterocycles. The number of aliphatic imine (C=N–C) groups is 1.